The lowest BCUT2D eigenvalue weighted by Gasteiger charge is -2.37. The average molecular weight is 630 g/mol. The highest BCUT2D eigenvalue weighted by Crippen LogP contribution is 2.45. The fourth-order valence-corrected chi connectivity index (χ4v) is 6.70. The maximum atomic E-state index is 14.3. The van der Waals surface area contributed by atoms with E-state index in [1.807, 2.05) is 117 Å². The summed E-state index contributed by atoms with van der Waals surface area (Å²) in [5.41, 5.74) is 5.22. The molecule has 232 valence electrons. The summed E-state index contributed by atoms with van der Waals surface area (Å²) in [5, 5.41) is 3.29. The number of esters is 1. The minimum atomic E-state index is -1.38. The number of nitrogens with one attached hydrogen (secondary N) is 1. The van der Waals surface area contributed by atoms with Gasteiger partial charge in [-0.3, -0.25) is 0 Å². The SMILES string of the molecule is CC(C)C[C@H](NC(=O)OCC1c2ccccc2-c2ccccc21)C(=O)OC(c1ccccc1)(c1ccccc1)c1ccccc1Cl. The topological polar surface area (TPSA) is 64.6 Å². The first-order valence-electron chi connectivity index (χ1n) is 15.6. The number of hydrogen-bond acceptors (Lipinski definition) is 4. The molecule has 5 aromatic carbocycles. The van der Waals surface area contributed by atoms with Gasteiger partial charge in [-0.05, 0) is 40.7 Å². The highest BCUT2D eigenvalue weighted by molar-refractivity contribution is 6.31. The summed E-state index contributed by atoms with van der Waals surface area (Å²) < 4.78 is 12.4. The van der Waals surface area contributed by atoms with Crippen LogP contribution >= 0.6 is 11.6 Å². The number of benzene rings is 5. The lowest BCUT2D eigenvalue weighted by molar-refractivity contribution is -0.156. The van der Waals surface area contributed by atoms with E-state index >= 15 is 0 Å². The largest absolute Gasteiger partial charge is 0.449 e. The third kappa shape index (κ3) is 6.16. The van der Waals surface area contributed by atoms with Crippen molar-refractivity contribution in [2.75, 3.05) is 6.61 Å². The summed E-state index contributed by atoms with van der Waals surface area (Å²) >= 11 is 6.83. The molecule has 6 rings (SSSR count). The smallest absolute Gasteiger partial charge is 0.407 e. The monoisotopic (exact) mass is 629 g/mol. The molecular weight excluding hydrogens is 594 g/mol. The normalized spacial score (nSPS) is 13.0. The lowest BCUT2D eigenvalue weighted by Crippen LogP contribution is -2.47. The van der Waals surface area contributed by atoms with Crippen LogP contribution in [0.3, 0.4) is 0 Å². The second-order valence-corrected chi connectivity index (χ2v) is 12.4. The molecule has 1 atom stereocenters. The molecule has 0 heterocycles. The first-order chi connectivity index (χ1) is 22.4. The molecule has 0 bridgehead atoms. The standard InChI is InChI=1S/C40H36ClNO4/c1-27(2)25-37(42-39(44)45-26-34-32-21-11-9-19-30(32)31-20-10-12-22-33(31)34)38(43)46-40(28-15-5-3-6-16-28,29-17-7-4-8-18-29)35-23-13-14-24-36(35)41/h3-24,27,34,37H,25-26H2,1-2H3,(H,42,44)/t37-/m0/s1. The zero-order chi connectivity index (χ0) is 32.1. The van der Waals surface area contributed by atoms with Crippen molar-refractivity contribution in [2.24, 2.45) is 5.92 Å². The quantitative estimate of drug-likeness (QED) is 0.124. The van der Waals surface area contributed by atoms with Crippen LogP contribution in [0.2, 0.25) is 5.02 Å². The molecular formula is C40H36ClNO4. The molecule has 0 saturated carbocycles. The van der Waals surface area contributed by atoms with Crippen LogP contribution in [0, 0.1) is 5.92 Å². The molecule has 1 N–H and O–H groups in total. The number of fused-ring (bicyclic) bond motifs is 3. The Morgan fingerprint density at radius 3 is 1.76 bits per heavy atom. The van der Waals surface area contributed by atoms with E-state index in [0.29, 0.717) is 17.0 Å². The Kier molecular flexibility index (Phi) is 9.23. The molecule has 46 heavy (non-hydrogen) atoms. The van der Waals surface area contributed by atoms with Gasteiger partial charge in [0.2, 0.25) is 0 Å². The number of amides is 1. The summed E-state index contributed by atoms with van der Waals surface area (Å²) in [6.07, 6.45) is -0.321. The van der Waals surface area contributed by atoms with Gasteiger partial charge < -0.3 is 14.8 Å². The molecule has 1 aliphatic rings. The Balaban J connectivity index is 1.29. The number of halogens is 1. The summed E-state index contributed by atoms with van der Waals surface area (Å²) in [4.78, 5) is 27.7. The zero-order valence-corrected chi connectivity index (χ0v) is 26.6. The van der Waals surface area contributed by atoms with Gasteiger partial charge in [0.15, 0.2) is 5.60 Å². The van der Waals surface area contributed by atoms with Crippen LogP contribution in [0.1, 0.15) is 54.0 Å². The Labute approximate surface area is 275 Å². The van der Waals surface area contributed by atoms with E-state index in [1.54, 1.807) is 6.07 Å². The first kappa shape index (κ1) is 31.1. The number of alkyl carbamates (subject to hydrolysis) is 1. The van der Waals surface area contributed by atoms with Gasteiger partial charge in [-0.15, -0.1) is 0 Å². The maximum Gasteiger partial charge on any atom is 0.407 e. The van der Waals surface area contributed by atoms with Crippen molar-refractivity contribution < 1.29 is 19.1 Å². The van der Waals surface area contributed by atoms with E-state index in [2.05, 4.69) is 29.6 Å². The van der Waals surface area contributed by atoms with Gasteiger partial charge in [0, 0.05) is 27.6 Å². The van der Waals surface area contributed by atoms with E-state index in [4.69, 9.17) is 21.1 Å². The van der Waals surface area contributed by atoms with Crippen molar-refractivity contribution in [3.05, 3.63) is 166 Å². The minimum Gasteiger partial charge on any atom is -0.449 e. The molecule has 5 aromatic rings. The molecule has 0 aromatic heterocycles. The van der Waals surface area contributed by atoms with Crippen molar-refractivity contribution in [2.45, 2.75) is 37.8 Å². The van der Waals surface area contributed by atoms with Crippen LogP contribution in [-0.4, -0.2) is 24.7 Å². The molecule has 6 heteroatoms. The zero-order valence-electron chi connectivity index (χ0n) is 25.9. The second-order valence-electron chi connectivity index (χ2n) is 12.0. The predicted octanol–water partition coefficient (Wildman–Crippen LogP) is 9.13. The van der Waals surface area contributed by atoms with E-state index in [-0.39, 0.29) is 18.4 Å². The lowest BCUT2D eigenvalue weighted by atomic mass is 9.80. The third-order valence-electron chi connectivity index (χ3n) is 8.49. The van der Waals surface area contributed by atoms with E-state index < -0.39 is 23.7 Å². The Bertz CT molecular complexity index is 1740. The van der Waals surface area contributed by atoms with E-state index in [0.717, 1.165) is 33.4 Å². The molecule has 0 radical (unpaired) electrons. The van der Waals surface area contributed by atoms with Gasteiger partial charge in [-0.25, -0.2) is 9.59 Å². The average Bonchev–Trinajstić information content (AvgIpc) is 3.40. The molecule has 0 spiro atoms. The number of hydrogen-bond donors (Lipinski definition) is 1. The summed E-state index contributed by atoms with van der Waals surface area (Å²) in [6.45, 7) is 4.13. The minimum absolute atomic E-state index is 0.0783. The van der Waals surface area contributed by atoms with Crippen LogP contribution < -0.4 is 5.32 Å². The van der Waals surface area contributed by atoms with Crippen LogP contribution in [0.15, 0.2) is 133 Å². The van der Waals surface area contributed by atoms with Crippen molar-refractivity contribution in [3.8, 4) is 11.1 Å². The second kappa shape index (κ2) is 13.6. The van der Waals surface area contributed by atoms with E-state index in [1.165, 1.54) is 0 Å². The summed E-state index contributed by atoms with van der Waals surface area (Å²) in [6, 6.07) is 41.8. The van der Waals surface area contributed by atoms with Gasteiger partial charge in [0.05, 0.1) is 0 Å². The van der Waals surface area contributed by atoms with Crippen molar-refractivity contribution in [3.63, 3.8) is 0 Å². The molecule has 0 unspecified atom stereocenters. The van der Waals surface area contributed by atoms with Crippen LogP contribution in [0.5, 0.6) is 0 Å². The van der Waals surface area contributed by atoms with E-state index in [9.17, 15) is 9.59 Å². The first-order valence-corrected chi connectivity index (χ1v) is 16.0. The summed E-state index contributed by atoms with van der Waals surface area (Å²) in [5.74, 6) is -0.609. The van der Waals surface area contributed by atoms with Gasteiger partial charge in [0.25, 0.3) is 0 Å². The van der Waals surface area contributed by atoms with Crippen molar-refractivity contribution in [1.82, 2.24) is 5.32 Å². The predicted molar refractivity (Wildman–Crippen MR) is 182 cm³/mol. The fourth-order valence-electron chi connectivity index (χ4n) is 6.43. The molecule has 1 amide bonds. The van der Waals surface area contributed by atoms with Gasteiger partial charge in [0.1, 0.15) is 12.6 Å². The van der Waals surface area contributed by atoms with Crippen molar-refractivity contribution in [1.29, 1.82) is 0 Å². The molecule has 0 aliphatic heterocycles. The maximum absolute atomic E-state index is 14.3. The van der Waals surface area contributed by atoms with Crippen LogP contribution in [-0.2, 0) is 19.9 Å². The Hall–Kier alpha value is -4.87. The highest BCUT2D eigenvalue weighted by atomic mass is 35.5. The van der Waals surface area contributed by atoms with Crippen molar-refractivity contribution >= 4 is 23.7 Å². The summed E-state index contributed by atoms with van der Waals surface area (Å²) in [7, 11) is 0. The molecule has 0 saturated heterocycles. The van der Waals surface area contributed by atoms with Gasteiger partial charge in [-0.1, -0.05) is 153 Å². The number of carbonyl (C=O) groups is 2. The number of rotatable bonds is 10. The number of ether oxygens (including phenoxy) is 2. The molecule has 5 nitrogen and oxygen atoms in total. The highest BCUT2D eigenvalue weighted by Gasteiger charge is 2.44. The molecule has 0 fully saturated rings. The Morgan fingerprint density at radius 2 is 1.22 bits per heavy atom. The number of carbonyl (C=O) groups excluding carboxylic acids is 2. The van der Waals surface area contributed by atoms with Gasteiger partial charge in [-0.2, -0.15) is 0 Å². The van der Waals surface area contributed by atoms with Crippen LogP contribution in [0.25, 0.3) is 11.1 Å². The van der Waals surface area contributed by atoms with Crippen LogP contribution in [0.4, 0.5) is 4.79 Å². The third-order valence-corrected chi connectivity index (χ3v) is 8.82. The fraction of sp³-hybridized carbons (Fsp3) is 0.200. The van der Waals surface area contributed by atoms with Gasteiger partial charge >= 0.3 is 12.1 Å². The Morgan fingerprint density at radius 1 is 0.717 bits per heavy atom. The molecule has 1 aliphatic carbocycles.